The maximum atomic E-state index is 11.5. The van der Waals surface area contributed by atoms with Gasteiger partial charge in [-0.3, -0.25) is 4.79 Å². The minimum Gasteiger partial charge on any atom is -0.294 e. The van der Waals surface area contributed by atoms with Gasteiger partial charge in [-0.15, -0.1) is 0 Å². The lowest BCUT2D eigenvalue weighted by molar-refractivity contribution is 0.0988. The molecule has 0 aromatic heterocycles. The van der Waals surface area contributed by atoms with E-state index in [1.165, 1.54) is 0 Å². The molecule has 0 amide bonds. The molecule has 0 saturated carbocycles. The van der Waals surface area contributed by atoms with Crippen molar-refractivity contribution in [2.75, 3.05) is 6.54 Å². The van der Waals surface area contributed by atoms with Crippen LogP contribution in [0.1, 0.15) is 35.7 Å². The number of hydrogen-bond acceptors (Lipinski definition) is 2. The van der Waals surface area contributed by atoms with Crippen LogP contribution in [-0.4, -0.2) is 12.3 Å². The number of carbonyl (C=O) groups is 1. The monoisotopic (exact) mass is 227 g/mol. The molecule has 0 aliphatic rings. The molecule has 1 aromatic carbocycles. The van der Waals surface area contributed by atoms with E-state index in [1.807, 2.05) is 19.1 Å². The molecule has 0 aliphatic heterocycles. The standard InChI is InChI=1S/C13H13N3O/c1-2-13(17)12-8-5-7-11(10-12)6-3-4-9-15-16-14/h5,7-8,10H,2,4,9H2,1H3. The van der Waals surface area contributed by atoms with E-state index in [0.29, 0.717) is 24.9 Å². The normalized spacial score (nSPS) is 8.76. The molecule has 0 aliphatic carbocycles. The molecule has 1 rings (SSSR count). The Morgan fingerprint density at radius 2 is 2.35 bits per heavy atom. The van der Waals surface area contributed by atoms with Crippen LogP contribution in [0.2, 0.25) is 0 Å². The van der Waals surface area contributed by atoms with E-state index in [4.69, 9.17) is 5.53 Å². The first-order valence-electron chi connectivity index (χ1n) is 5.41. The Balaban J connectivity index is 2.71. The number of azide groups is 1. The van der Waals surface area contributed by atoms with Gasteiger partial charge in [-0.25, -0.2) is 0 Å². The maximum Gasteiger partial charge on any atom is 0.162 e. The first-order valence-corrected chi connectivity index (χ1v) is 5.41. The molecule has 0 radical (unpaired) electrons. The Hall–Kier alpha value is -2.24. The minimum atomic E-state index is 0.114. The summed E-state index contributed by atoms with van der Waals surface area (Å²) in [7, 11) is 0. The first kappa shape index (κ1) is 12.8. The van der Waals surface area contributed by atoms with Gasteiger partial charge in [0.05, 0.1) is 0 Å². The number of carbonyl (C=O) groups excluding carboxylic acids is 1. The van der Waals surface area contributed by atoms with Gasteiger partial charge in [0, 0.05) is 35.4 Å². The van der Waals surface area contributed by atoms with Crippen LogP contribution in [0.4, 0.5) is 0 Å². The van der Waals surface area contributed by atoms with Crippen molar-refractivity contribution in [3.63, 3.8) is 0 Å². The summed E-state index contributed by atoms with van der Waals surface area (Å²) in [5.74, 6) is 5.95. The molecule has 17 heavy (non-hydrogen) atoms. The van der Waals surface area contributed by atoms with Crippen LogP contribution in [0.5, 0.6) is 0 Å². The van der Waals surface area contributed by atoms with E-state index in [1.54, 1.807) is 12.1 Å². The maximum absolute atomic E-state index is 11.5. The van der Waals surface area contributed by atoms with Gasteiger partial charge in [0.15, 0.2) is 5.78 Å². The molecular formula is C13H13N3O. The van der Waals surface area contributed by atoms with Crippen molar-refractivity contribution >= 4 is 5.78 Å². The average molecular weight is 227 g/mol. The zero-order valence-corrected chi connectivity index (χ0v) is 9.68. The molecule has 0 bridgehead atoms. The molecule has 86 valence electrons. The Morgan fingerprint density at radius 1 is 1.53 bits per heavy atom. The largest absolute Gasteiger partial charge is 0.294 e. The highest BCUT2D eigenvalue weighted by Crippen LogP contribution is 2.06. The smallest absolute Gasteiger partial charge is 0.162 e. The average Bonchev–Trinajstić information content (AvgIpc) is 2.38. The second-order valence-corrected chi connectivity index (χ2v) is 3.36. The summed E-state index contributed by atoms with van der Waals surface area (Å²) in [6.07, 6.45) is 1.02. The Bertz CT molecular complexity index is 505. The van der Waals surface area contributed by atoms with Crippen LogP contribution >= 0.6 is 0 Å². The highest BCUT2D eigenvalue weighted by atomic mass is 16.1. The molecule has 0 unspecified atom stereocenters. The highest BCUT2D eigenvalue weighted by molar-refractivity contribution is 5.96. The van der Waals surface area contributed by atoms with Crippen molar-refractivity contribution in [3.05, 3.63) is 45.8 Å². The van der Waals surface area contributed by atoms with Gasteiger partial charge in [-0.05, 0) is 17.7 Å². The molecular weight excluding hydrogens is 214 g/mol. The quantitative estimate of drug-likeness (QED) is 0.194. The van der Waals surface area contributed by atoms with Crippen molar-refractivity contribution in [2.45, 2.75) is 19.8 Å². The highest BCUT2D eigenvalue weighted by Gasteiger charge is 2.01. The zero-order chi connectivity index (χ0) is 12.5. The summed E-state index contributed by atoms with van der Waals surface area (Å²) in [6.45, 7) is 2.21. The van der Waals surface area contributed by atoms with Crippen LogP contribution in [0, 0.1) is 11.8 Å². The second kappa shape index (κ2) is 7.10. The zero-order valence-electron chi connectivity index (χ0n) is 9.68. The Labute approximate surface area is 100 Å². The van der Waals surface area contributed by atoms with Crippen molar-refractivity contribution < 1.29 is 4.79 Å². The molecule has 0 atom stereocenters. The predicted molar refractivity (Wildman–Crippen MR) is 66.6 cm³/mol. The van der Waals surface area contributed by atoms with Crippen LogP contribution < -0.4 is 0 Å². The molecule has 0 heterocycles. The fourth-order valence-electron chi connectivity index (χ4n) is 1.29. The number of Topliss-reactive ketones (excluding diaryl/α,β-unsaturated/α-hetero) is 1. The van der Waals surface area contributed by atoms with Crippen molar-refractivity contribution in [1.29, 1.82) is 0 Å². The van der Waals surface area contributed by atoms with Crippen LogP contribution in [-0.2, 0) is 0 Å². The third-order valence-electron chi connectivity index (χ3n) is 2.14. The summed E-state index contributed by atoms with van der Waals surface area (Å²) in [4.78, 5) is 14.1. The fraction of sp³-hybridized carbons (Fsp3) is 0.308. The van der Waals surface area contributed by atoms with Crippen LogP contribution in [0.15, 0.2) is 29.4 Å². The Morgan fingerprint density at radius 3 is 3.06 bits per heavy atom. The molecule has 0 N–H and O–H groups in total. The molecule has 0 fully saturated rings. The van der Waals surface area contributed by atoms with Gasteiger partial charge in [0.2, 0.25) is 0 Å². The van der Waals surface area contributed by atoms with Gasteiger partial charge in [-0.1, -0.05) is 36.0 Å². The molecule has 1 aromatic rings. The number of ketones is 1. The van der Waals surface area contributed by atoms with Gasteiger partial charge < -0.3 is 0 Å². The first-order chi connectivity index (χ1) is 8.27. The number of hydrogen-bond donors (Lipinski definition) is 0. The molecule has 0 spiro atoms. The van der Waals surface area contributed by atoms with Crippen LogP contribution in [0.25, 0.3) is 10.4 Å². The fourth-order valence-corrected chi connectivity index (χ4v) is 1.29. The summed E-state index contributed by atoms with van der Waals surface area (Å²) in [5, 5.41) is 3.39. The second-order valence-electron chi connectivity index (χ2n) is 3.36. The minimum absolute atomic E-state index is 0.114. The van der Waals surface area contributed by atoms with E-state index in [2.05, 4.69) is 21.9 Å². The Kier molecular flexibility index (Phi) is 5.36. The molecule has 4 nitrogen and oxygen atoms in total. The topological polar surface area (TPSA) is 65.8 Å². The molecule has 4 heteroatoms. The molecule has 0 saturated heterocycles. The van der Waals surface area contributed by atoms with Crippen molar-refractivity contribution in [2.24, 2.45) is 5.11 Å². The summed E-state index contributed by atoms with van der Waals surface area (Å²) in [6, 6.07) is 7.25. The van der Waals surface area contributed by atoms with E-state index < -0.39 is 0 Å². The van der Waals surface area contributed by atoms with Gasteiger partial charge in [-0.2, -0.15) is 0 Å². The van der Waals surface area contributed by atoms with Gasteiger partial charge >= 0.3 is 0 Å². The lowest BCUT2D eigenvalue weighted by Gasteiger charge is -1.97. The number of rotatable bonds is 4. The van der Waals surface area contributed by atoms with E-state index in [0.717, 1.165) is 5.56 Å². The number of nitrogens with zero attached hydrogens (tertiary/aromatic N) is 3. The van der Waals surface area contributed by atoms with Gasteiger partial charge in [0.25, 0.3) is 0 Å². The summed E-state index contributed by atoms with van der Waals surface area (Å²) >= 11 is 0. The van der Waals surface area contributed by atoms with Crippen molar-refractivity contribution in [3.8, 4) is 11.8 Å². The number of benzene rings is 1. The summed E-state index contributed by atoms with van der Waals surface area (Å²) in [5.41, 5.74) is 9.58. The third kappa shape index (κ3) is 4.42. The van der Waals surface area contributed by atoms with E-state index in [9.17, 15) is 4.79 Å². The predicted octanol–water partition coefficient (Wildman–Crippen LogP) is 3.33. The SMILES string of the molecule is CCC(=O)c1cccc(C#CCCN=[N+]=[N-])c1. The lowest BCUT2D eigenvalue weighted by Crippen LogP contribution is -1.96. The summed E-state index contributed by atoms with van der Waals surface area (Å²) < 4.78 is 0. The lowest BCUT2D eigenvalue weighted by atomic mass is 10.1. The van der Waals surface area contributed by atoms with Gasteiger partial charge in [0.1, 0.15) is 0 Å². The third-order valence-corrected chi connectivity index (χ3v) is 2.14. The van der Waals surface area contributed by atoms with E-state index in [-0.39, 0.29) is 5.78 Å². The van der Waals surface area contributed by atoms with E-state index >= 15 is 0 Å². The van der Waals surface area contributed by atoms with Crippen LogP contribution in [0.3, 0.4) is 0 Å². The van der Waals surface area contributed by atoms with Crippen molar-refractivity contribution in [1.82, 2.24) is 0 Å².